The van der Waals surface area contributed by atoms with Crippen LogP contribution >= 0.6 is 0 Å². The summed E-state index contributed by atoms with van der Waals surface area (Å²) in [5.41, 5.74) is 3.17. The van der Waals surface area contributed by atoms with E-state index in [4.69, 9.17) is 0 Å². The number of aryl methyl sites for hydroxylation is 2. The molecule has 2 aromatic rings. The van der Waals surface area contributed by atoms with E-state index in [1.54, 1.807) is 12.1 Å². The predicted molar refractivity (Wildman–Crippen MR) is 94.3 cm³/mol. The van der Waals surface area contributed by atoms with Gasteiger partial charge < -0.3 is 10.2 Å². The number of carbonyl (C=O) groups is 1. The molecule has 1 N–H and O–H groups in total. The van der Waals surface area contributed by atoms with Crippen LogP contribution < -0.4 is 5.32 Å². The van der Waals surface area contributed by atoms with Crippen molar-refractivity contribution in [2.24, 2.45) is 0 Å². The van der Waals surface area contributed by atoms with Crippen molar-refractivity contribution in [1.29, 1.82) is 0 Å². The average molecular weight is 344 g/mol. The van der Waals surface area contributed by atoms with Gasteiger partial charge in [0.25, 0.3) is 0 Å². The molecular formula is C19H25FN4O. The van der Waals surface area contributed by atoms with E-state index in [-0.39, 0.29) is 17.8 Å². The molecule has 0 spiro atoms. The van der Waals surface area contributed by atoms with Crippen LogP contribution in [0.4, 0.5) is 4.39 Å². The topological polar surface area (TPSA) is 50.2 Å². The highest BCUT2D eigenvalue weighted by Gasteiger charge is 2.29. The highest BCUT2D eigenvalue weighted by molar-refractivity contribution is 5.79. The van der Waals surface area contributed by atoms with Crippen molar-refractivity contribution in [3.63, 3.8) is 0 Å². The fourth-order valence-corrected chi connectivity index (χ4v) is 3.20. The van der Waals surface area contributed by atoms with Crippen LogP contribution in [-0.2, 0) is 24.4 Å². The van der Waals surface area contributed by atoms with Crippen LogP contribution in [-0.4, -0.2) is 33.2 Å². The molecule has 0 saturated carbocycles. The Bertz CT molecular complexity index is 726. The number of benzene rings is 1. The molecule has 1 aliphatic rings. The van der Waals surface area contributed by atoms with Gasteiger partial charge in [0.05, 0.1) is 5.69 Å². The van der Waals surface area contributed by atoms with Crippen molar-refractivity contribution in [3.8, 4) is 0 Å². The highest BCUT2D eigenvalue weighted by Crippen LogP contribution is 2.16. The average Bonchev–Trinajstić information content (AvgIpc) is 3.10. The SMILES string of the molecule is CCCn1cc(CN[C@H]2CC(=O)N(Cc3ccc(F)cc3)C2)c(C)n1. The van der Waals surface area contributed by atoms with Crippen LogP contribution in [0.2, 0.25) is 0 Å². The molecule has 0 unspecified atom stereocenters. The van der Waals surface area contributed by atoms with E-state index >= 15 is 0 Å². The van der Waals surface area contributed by atoms with Crippen LogP contribution in [0.5, 0.6) is 0 Å². The smallest absolute Gasteiger partial charge is 0.224 e. The molecule has 1 aromatic carbocycles. The maximum Gasteiger partial charge on any atom is 0.224 e. The van der Waals surface area contributed by atoms with Crippen LogP contribution in [0.15, 0.2) is 30.5 Å². The van der Waals surface area contributed by atoms with Crippen molar-refractivity contribution in [3.05, 3.63) is 53.1 Å². The molecular weight excluding hydrogens is 319 g/mol. The lowest BCUT2D eigenvalue weighted by Crippen LogP contribution is -2.32. The van der Waals surface area contributed by atoms with Crippen LogP contribution in [0.25, 0.3) is 0 Å². The molecule has 134 valence electrons. The summed E-state index contributed by atoms with van der Waals surface area (Å²) in [5, 5.41) is 7.98. The quantitative estimate of drug-likeness (QED) is 0.840. The molecule has 0 radical (unpaired) electrons. The first-order valence-corrected chi connectivity index (χ1v) is 8.83. The summed E-state index contributed by atoms with van der Waals surface area (Å²) in [6.45, 7) is 7.01. The van der Waals surface area contributed by atoms with Gasteiger partial charge in [-0.05, 0) is 31.0 Å². The Morgan fingerprint density at radius 1 is 1.32 bits per heavy atom. The fourth-order valence-electron chi connectivity index (χ4n) is 3.20. The van der Waals surface area contributed by atoms with Gasteiger partial charge in [-0.2, -0.15) is 5.10 Å². The minimum Gasteiger partial charge on any atom is -0.337 e. The van der Waals surface area contributed by atoms with Crippen molar-refractivity contribution < 1.29 is 9.18 Å². The van der Waals surface area contributed by atoms with Crippen LogP contribution in [0, 0.1) is 12.7 Å². The third-order valence-electron chi connectivity index (χ3n) is 4.58. The van der Waals surface area contributed by atoms with Crippen molar-refractivity contribution in [2.45, 2.75) is 52.4 Å². The summed E-state index contributed by atoms with van der Waals surface area (Å²) in [5.74, 6) is -0.116. The molecule has 1 amide bonds. The molecule has 0 aliphatic carbocycles. The van der Waals surface area contributed by atoms with Crippen LogP contribution in [0.1, 0.15) is 36.6 Å². The summed E-state index contributed by atoms with van der Waals surface area (Å²) in [6.07, 6.45) is 3.64. The van der Waals surface area contributed by atoms with E-state index in [0.29, 0.717) is 19.5 Å². The zero-order valence-electron chi connectivity index (χ0n) is 14.8. The second-order valence-electron chi connectivity index (χ2n) is 6.69. The third kappa shape index (κ3) is 4.45. The molecule has 25 heavy (non-hydrogen) atoms. The normalized spacial score (nSPS) is 17.5. The van der Waals surface area contributed by atoms with Gasteiger partial charge in [0.15, 0.2) is 0 Å². The Morgan fingerprint density at radius 2 is 2.08 bits per heavy atom. The predicted octanol–water partition coefficient (Wildman–Crippen LogP) is 2.63. The lowest BCUT2D eigenvalue weighted by Gasteiger charge is -2.17. The Labute approximate surface area is 147 Å². The van der Waals surface area contributed by atoms with E-state index < -0.39 is 0 Å². The van der Waals surface area contributed by atoms with Gasteiger partial charge in [-0.15, -0.1) is 0 Å². The summed E-state index contributed by atoms with van der Waals surface area (Å²) in [7, 11) is 0. The van der Waals surface area contributed by atoms with E-state index in [0.717, 1.165) is 30.8 Å². The highest BCUT2D eigenvalue weighted by atomic mass is 19.1. The summed E-state index contributed by atoms with van der Waals surface area (Å²) in [4.78, 5) is 14.1. The first-order chi connectivity index (χ1) is 12.0. The number of aromatic nitrogens is 2. The number of carbonyl (C=O) groups excluding carboxylic acids is 1. The van der Waals surface area contributed by atoms with Gasteiger partial charge in [0, 0.05) is 50.4 Å². The number of hydrogen-bond donors (Lipinski definition) is 1. The Hall–Kier alpha value is -2.21. The molecule has 1 aromatic heterocycles. The number of halogens is 1. The summed E-state index contributed by atoms with van der Waals surface area (Å²) in [6, 6.07) is 6.47. The summed E-state index contributed by atoms with van der Waals surface area (Å²) >= 11 is 0. The Balaban J connectivity index is 1.53. The van der Waals surface area contributed by atoms with E-state index in [1.165, 1.54) is 17.7 Å². The first kappa shape index (κ1) is 17.6. The first-order valence-electron chi connectivity index (χ1n) is 8.83. The number of nitrogens with one attached hydrogen (secondary N) is 1. The number of rotatable bonds is 7. The molecule has 1 saturated heterocycles. The van der Waals surface area contributed by atoms with Crippen molar-refractivity contribution in [1.82, 2.24) is 20.0 Å². The lowest BCUT2D eigenvalue weighted by molar-refractivity contribution is -0.128. The number of likely N-dealkylation sites (tertiary alicyclic amines) is 1. The lowest BCUT2D eigenvalue weighted by atomic mass is 10.2. The second kappa shape index (κ2) is 7.78. The largest absolute Gasteiger partial charge is 0.337 e. The van der Waals surface area contributed by atoms with E-state index in [1.807, 2.05) is 16.5 Å². The van der Waals surface area contributed by atoms with Crippen molar-refractivity contribution in [2.75, 3.05) is 6.54 Å². The van der Waals surface area contributed by atoms with Gasteiger partial charge in [-0.1, -0.05) is 19.1 Å². The maximum absolute atomic E-state index is 13.0. The monoisotopic (exact) mass is 344 g/mol. The number of hydrogen-bond acceptors (Lipinski definition) is 3. The second-order valence-corrected chi connectivity index (χ2v) is 6.69. The van der Waals surface area contributed by atoms with Crippen molar-refractivity contribution >= 4 is 5.91 Å². The molecule has 1 atom stereocenters. The Morgan fingerprint density at radius 3 is 2.80 bits per heavy atom. The number of nitrogens with zero attached hydrogens (tertiary/aromatic N) is 3. The van der Waals surface area contributed by atoms with E-state index in [2.05, 4.69) is 23.5 Å². The Kier molecular flexibility index (Phi) is 5.48. The molecule has 6 heteroatoms. The van der Waals surface area contributed by atoms with Gasteiger partial charge in [0.1, 0.15) is 5.82 Å². The zero-order valence-corrected chi connectivity index (χ0v) is 14.8. The molecule has 1 fully saturated rings. The zero-order chi connectivity index (χ0) is 17.8. The molecule has 5 nitrogen and oxygen atoms in total. The van der Waals surface area contributed by atoms with Crippen LogP contribution in [0.3, 0.4) is 0 Å². The molecule has 2 heterocycles. The third-order valence-corrected chi connectivity index (χ3v) is 4.58. The van der Waals surface area contributed by atoms with Gasteiger partial charge in [-0.25, -0.2) is 4.39 Å². The standard InChI is InChI=1S/C19H25FN4O/c1-3-8-24-12-16(14(2)22-24)10-21-18-9-19(25)23(13-18)11-15-4-6-17(20)7-5-15/h4-7,12,18,21H,3,8-11,13H2,1-2H3/t18-/m0/s1. The minimum absolute atomic E-state index is 0.139. The fraction of sp³-hybridized carbons (Fsp3) is 0.474. The molecule has 1 aliphatic heterocycles. The van der Waals surface area contributed by atoms with Gasteiger partial charge in [0.2, 0.25) is 5.91 Å². The molecule has 0 bridgehead atoms. The maximum atomic E-state index is 13.0. The van der Waals surface area contributed by atoms with E-state index in [9.17, 15) is 9.18 Å². The minimum atomic E-state index is -0.255. The van der Waals surface area contributed by atoms with Gasteiger partial charge in [-0.3, -0.25) is 9.48 Å². The summed E-state index contributed by atoms with van der Waals surface area (Å²) < 4.78 is 15.0. The van der Waals surface area contributed by atoms with Gasteiger partial charge >= 0.3 is 0 Å². The molecule has 3 rings (SSSR count). The number of amides is 1.